The molecule has 21 heavy (non-hydrogen) atoms. The summed E-state index contributed by atoms with van der Waals surface area (Å²) in [6.07, 6.45) is 4.46. The van der Waals surface area contributed by atoms with Gasteiger partial charge in [0, 0.05) is 18.3 Å². The molecule has 6 nitrogen and oxygen atoms in total. The number of rotatable bonds is 6. The molecule has 0 bridgehead atoms. The van der Waals surface area contributed by atoms with Crippen LogP contribution in [0.4, 0.5) is 0 Å². The summed E-state index contributed by atoms with van der Waals surface area (Å²) in [7, 11) is -3.80. The number of amides is 1. The topological polar surface area (TPSA) is 94.2 Å². The van der Waals surface area contributed by atoms with Gasteiger partial charge in [-0.1, -0.05) is 6.92 Å². The maximum absolute atomic E-state index is 12.5. The van der Waals surface area contributed by atoms with Crippen LogP contribution in [0, 0.1) is 5.92 Å². The third kappa shape index (κ3) is 3.65. The molecule has 2 rings (SSSR count). The first-order valence-electron chi connectivity index (χ1n) is 7.20. The Morgan fingerprint density at radius 1 is 1.48 bits per heavy atom. The molecule has 1 aliphatic rings. The molecule has 1 heterocycles. The van der Waals surface area contributed by atoms with E-state index in [2.05, 4.69) is 5.32 Å². The largest absolute Gasteiger partial charge is 0.346 e. The molecule has 0 spiro atoms. The van der Waals surface area contributed by atoms with Gasteiger partial charge in [-0.05, 0) is 45.1 Å². The predicted molar refractivity (Wildman–Crippen MR) is 80.4 cm³/mol. The van der Waals surface area contributed by atoms with Gasteiger partial charge in [0.05, 0.1) is 0 Å². The van der Waals surface area contributed by atoms with Crippen LogP contribution in [-0.4, -0.2) is 24.4 Å². The highest BCUT2D eigenvalue weighted by Gasteiger charge is 2.39. The summed E-state index contributed by atoms with van der Waals surface area (Å²) in [5, 5.41) is 8.15. The molecule has 1 saturated carbocycles. The number of nitrogens with one attached hydrogen (secondary N) is 1. The zero-order valence-electron chi connectivity index (χ0n) is 12.7. The second kappa shape index (κ2) is 5.46. The van der Waals surface area contributed by atoms with Crippen LogP contribution in [0.5, 0.6) is 0 Å². The fourth-order valence-corrected chi connectivity index (χ4v) is 3.07. The lowest BCUT2D eigenvalue weighted by Gasteiger charge is -2.26. The van der Waals surface area contributed by atoms with Crippen LogP contribution in [0.1, 0.15) is 50.5 Å². The second-order valence-corrected chi connectivity index (χ2v) is 7.81. The lowest BCUT2D eigenvalue weighted by molar-refractivity contribution is 0.0893. The van der Waals surface area contributed by atoms with E-state index >= 15 is 0 Å². The monoisotopic (exact) mass is 313 g/mol. The molecule has 0 atom stereocenters. The second-order valence-electron chi connectivity index (χ2n) is 6.25. The van der Waals surface area contributed by atoms with Crippen LogP contribution >= 0.6 is 0 Å². The van der Waals surface area contributed by atoms with Gasteiger partial charge in [0.25, 0.3) is 5.91 Å². The van der Waals surface area contributed by atoms with Crippen molar-refractivity contribution in [2.24, 2.45) is 11.1 Å². The summed E-state index contributed by atoms with van der Waals surface area (Å²) in [6, 6.07) is 1.35. The Hall–Kier alpha value is -1.34. The first-order chi connectivity index (χ1) is 9.65. The fraction of sp³-hybridized carbons (Fsp3) is 0.643. The molecule has 1 aliphatic carbocycles. The lowest BCUT2D eigenvalue weighted by Crippen LogP contribution is -2.45. The molecule has 1 amide bonds. The Morgan fingerprint density at radius 3 is 2.57 bits per heavy atom. The summed E-state index contributed by atoms with van der Waals surface area (Å²) >= 11 is 0. The third-order valence-corrected chi connectivity index (χ3v) is 4.81. The van der Waals surface area contributed by atoms with E-state index in [9.17, 15) is 13.2 Å². The smallest absolute Gasteiger partial charge is 0.268 e. The van der Waals surface area contributed by atoms with Gasteiger partial charge in [-0.2, -0.15) is 0 Å². The molecule has 1 aromatic rings. The molecular formula is C14H23N3O3S. The van der Waals surface area contributed by atoms with E-state index in [1.54, 1.807) is 4.57 Å². The molecular weight excluding hydrogens is 290 g/mol. The SMILES string of the molecule is CCCn1cc(S(N)(=O)=O)cc1C(=O)NC(C)(C)C1CC1. The summed E-state index contributed by atoms with van der Waals surface area (Å²) in [5.41, 5.74) is 0.0646. The minimum Gasteiger partial charge on any atom is -0.346 e. The Morgan fingerprint density at radius 2 is 2.10 bits per heavy atom. The third-order valence-electron chi connectivity index (χ3n) is 3.93. The van der Waals surface area contributed by atoms with Gasteiger partial charge >= 0.3 is 0 Å². The molecule has 0 aliphatic heterocycles. The van der Waals surface area contributed by atoms with E-state index in [0.717, 1.165) is 19.3 Å². The Labute approximate surface area is 125 Å². The number of sulfonamides is 1. The summed E-state index contributed by atoms with van der Waals surface area (Å²) < 4.78 is 24.6. The van der Waals surface area contributed by atoms with Gasteiger partial charge in [-0.3, -0.25) is 4.79 Å². The van der Waals surface area contributed by atoms with Crippen LogP contribution in [0.2, 0.25) is 0 Å². The first-order valence-corrected chi connectivity index (χ1v) is 8.75. The number of hydrogen-bond donors (Lipinski definition) is 2. The van der Waals surface area contributed by atoms with E-state index < -0.39 is 10.0 Å². The van der Waals surface area contributed by atoms with Crippen molar-refractivity contribution >= 4 is 15.9 Å². The van der Waals surface area contributed by atoms with Crippen LogP contribution in [0.25, 0.3) is 0 Å². The Balaban J connectivity index is 2.28. The standard InChI is InChI=1S/C14H23N3O3S/c1-4-7-17-9-11(21(15,19)20)8-12(17)13(18)16-14(2,3)10-5-6-10/h8-10H,4-7H2,1-3H3,(H,16,18)(H2,15,19,20). The summed E-state index contributed by atoms with van der Waals surface area (Å²) in [6.45, 7) is 6.53. The number of primary sulfonamides is 1. The summed E-state index contributed by atoms with van der Waals surface area (Å²) in [5.74, 6) is 0.240. The number of nitrogens with zero attached hydrogens (tertiary/aromatic N) is 1. The van der Waals surface area contributed by atoms with Gasteiger partial charge in [0.15, 0.2) is 0 Å². The maximum atomic E-state index is 12.5. The number of hydrogen-bond acceptors (Lipinski definition) is 3. The highest BCUT2D eigenvalue weighted by Crippen LogP contribution is 2.39. The number of carbonyl (C=O) groups is 1. The molecule has 7 heteroatoms. The molecule has 1 fully saturated rings. The zero-order valence-corrected chi connectivity index (χ0v) is 13.5. The van der Waals surface area contributed by atoms with Crippen molar-refractivity contribution < 1.29 is 13.2 Å². The van der Waals surface area contributed by atoms with Gasteiger partial charge in [-0.15, -0.1) is 0 Å². The average Bonchev–Trinajstić information content (AvgIpc) is 3.10. The average molecular weight is 313 g/mol. The number of nitrogens with two attached hydrogens (primary N) is 1. The Kier molecular flexibility index (Phi) is 4.17. The van der Waals surface area contributed by atoms with Gasteiger partial charge in [0.1, 0.15) is 10.6 Å². The number of aryl methyl sites for hydroxylation is 1. The van der Waals surface area contributed by atoms with Crippen molar-refractivity contribution in [2.45, 2.75) is 57.0 Å². The van der Waals surface area contributed by atoms with Crippen LogP contribution in [0.15, 0.2) is 17.2 Å². The van der Waals surface area contributed by atoms with Crippen LogP contribution in [-0.2, 0) is 16.6 Å². The maximum Gasteiger partial charge on any atom is 0.268 e. The number of aromatic nitrogens is 1. The van der Waals surface area contributed by atoms with Crippen molar-refractivity contribution in [3.8, 4) is 0 Å². The highest BCUT2D eigenvalue weighted by atomic mass is 32.2. The molecule has 0 radical (unpaired) electrons. The first kappa shape index (κ1) is 16.0. The zero-order chi connectivity index (χ0) is 15.8. The van der Waals surface area contributed by atoms with Crippen molar-refractivity contribution in [2.75, 3.05) is 0 Å². The van der Waals surface area contributed by atoms with E-state index in [1.165, 1.54) is 12.3 Å². The van der Waals surface area contributed by atoms with Crippen molar-refractivity contribution in [1.82, 2.24) is 9.88 Å². The lowest BCUT2D eigenvalue weighted by atomic mass is 9.98. The van der Waals surface area contributed by atoms with E-state index in [4.69, 9.17) is 5.14 Å². The minimum atomic E-state index is -3.80. The van der Waals surface area contributed by atoms with E-state index in [-0.39, 0.29) is 16.3 Å². The fourth-order valence-electron chi connectivity index (χ4n) is 2.52. The quantitative estimate of drug-likeness (QED) is 0.832. The number of carbonyl (C=O) groups excluding carboxylic acids is 1. The van der Waals surface area contributed by atoms with Crippen LogP contribution in [0.3, 0.4) is 0 Å². The Bertz CT molecular complexity index is 642. The molecule has 118 valence electrons. The molecule has 0 aromatic carbocycles. The van der Waals surface area contributed by atoms with Gasteiger partial charge in [-0.25, -0.2) is 13.6 Å². The van der Waals surface area contributed by atoms with E-state index in [0.29, 0.717) is 18.2 Å². The van der Waals surface area contributed by atoms with Crippen molar-refractivity contribution in [1.29, 1.82) is 0 Å². The molecule has 0 unspecified atom stereocenters. The predicted octanol–water partition coefficient (Wildman–Crippen LogP) is 1.46. The highest BCUT2D eigenvalue weighted by molar-refractivity contribution is 7.89. The molecule has 3 N–H and O–H groups in total. The summed E-state index contributed by atoms with van der Waals surface area (Å²) in [4.78, 5) is 12.4. The normalized spacial score (nSPS) is 16.0. The van der Waals surface area contributed by atoms with Gasteiger partial charge in [0.2, 0.25) is 10.0 Å². The van der Waals surface area contributed by atoms with Crippen molar-refractivity contribution in [3.05, 3.63) is 18.0 Å². The van der Waals surface area contributed by atoms with Gasteiger partial charge < -0.3 is 9.88 Å². The molecule has 1 aromatic heterocycles. The van der Waals surface area contributed by atoms with E-state index in [1.807, 2.05) is 20.8 Å². The minimum absolute atomic E-state index is 0.0228. The molecule has 0 saturated heterocycles. The van der Waals surface area contributed by atoms with Crippen LogP contribution < -0.4 is 10.5 Å². The van der Waals surface area contributed by atoms with Crippen molar-refractivity contribution in [3.63, 3.8) is 0 Å².